The van der Waals surface area contributed by atoms with Gasteiger partial charge in [0.1, 0.15) is 12.0 Å². The molecule has 3 aromatic rings. The molecule has 2 aliphatic heterocycles. The van der Waals surface area contributed by atoms with Gasteiger partial charge in [0, 0.05) is 5.56 Å². The number of hydroxylamine groups is 1. The van der Waals surface area contributed by atoms with E-state index in [-0.39, 0.29) is 5.91 Å². The Labute approximate surface area is 203 Å². The zero-order valence-electron chi connectivity index (χ0n) is 19.9. The van der Waals surface area contributed by atoms with E-state index >= 15 is 0 Å². The van der Waals surface area contributed by atoms with E-state index in [0.29, 0.717) is 34.2 Å². The fraction of sp³-hybridized carbons (Fsp3) is 0.259. The molecule has 3 aromatic carbocycles. The van der Waals surface area contributed by atoms with E-state index in [1.807, 2.05) is 55.5 Å². The van der Waals surface area contributed by atoms with E-state index in [1.165, 1.54) is 19.1 Å². The van der Waals surface area contributed by atoms with Crippen molar-refractivity contribution in [2.45, 2.75) is 19.1 Å². The normalized spacial score (nSPS) is 21.3. The van der Waals surface area contributed by atoms with E-state index < -0.39 is 24.0 Å². The molecule has 35 heavy (non-hydrogen) atoms. The summed E-state index contributed by atoms with van der Waals surface area (Å²) in [5.74, 6) is -0.219. The first-order valence-electron chi connectivity index (χ1n) is 11.2. The minimum absolute atomic E-state index is 0.330. The first kappa shape index (κ1) is 22.7. The Morgan fingerprint density at radius 3 is 2.06 bits per heavy atom. The number of para-hydroxylation sites is 1. The Morgan fingerprint density at radius 2 is 1.43 bits per heavy atom. The largest absolute Gasteiger partial charge is 0.493 e. The summed E-state index contributed by atoms with van der Waals surface area (Å²) in [7, 11) is 4.60. The number of carbonyl (C=O) groups excluding carboxylic acids is 2. The smallest absolute Gasteiger partial charge is 0.266 e. The third kappa shape index (κ3) is 3.57. The van der Waals surface area contributed by atoms with Crippen molar-refractivity contribution in [2.75, 3.05) is 31.3 Å². The third-order valence-electron chi connectivity index (χ3n) is 6.47. The van der Waals surface area contributed by atoms with Gasteiger partial charge in [-0.25, -0.2) is 9.96 Å². The summed E-state index contributed by atoms with van der Waals surface area (Å²) in [4.78, 5) is 34.8. The minimum Gasteiger partial charge on any atom is -0.493 e. The molecule has 0 aliphatic carbocycles. The molecular formula is C27H26N2O6. The van der Waals surface area contributed by atoms with E-state index in [9.17, 15) is 9.59 Å². The standard InChI is InChI=1S/C27H26N2O6/c1-16-10-12-17(13-11-16)28-26(30)21-22(19-14-15-20(32-2)24(34-4)23(19)33-3)29(35-25(21)27(28)31)18-8-6-5-7-9-18/h5-15,21-22,25H,1-4H3. The van der Waals surface area contributed by atoms with Gasteiger partial charge in [0.2, 0.25) is 11.7 Å². The van der Waals surface area contributed by atoms with Crippen molar-refractivity contribution in [2.24, 2.45) is 5.92 Å². The second-order valence-corrected chi connectivity index (χ2v) is 8.43. The number of benzene rings is 3. The molecule has 0 radical (unpaired) electrons. The van der Waals surface area contributed by atoms with Crippen LogP contribution in [0.1, 0.15) is 17.2 Å². The zero-order chi connectivity index (χ0) is 24.7. The van der Waals surface area contributed by atoms with Crippen molar-refractivity contribution in [3.8, 4) is 17.2 Å². The van der Waals surface area contributed by atoms with Crippen LogP contribution in [0.5, 0.6) is 17.2 Å². The number of ether oxygens (including phenoxy) is 3. The molecule has 0 saturated carbocycles. The SMILES string of the molecule is COc1ccc(C2C3C(=O)N(c4ccc(C)cc4)C(=O)C3ON2c2ccccc2)c(OC)c1OC. The molecule has 2 heterocycles. The van der Waals surface area contributed by atoms with Gasteiger partial charge in [-0.05, 0) is 43.3 Å². The minimum atomic E-state index is -0.980. The number of hydrogen-bond acceptors (Lipinski definition) is 7. The number of fused-ring (bicyclic) bond motifs is 1. The zero-order valence-corrected chi connectivity index (χ0v) is 19.9. The van der Waals surface area contributed by atoms with Crippen LogP contribution in [0.25, 0.3) is 0 Å². The maximum absolute atomic E-state index is 13.8. The molecule has 0 bridgehead atoms. The Kier molecular flexibility index (Phi) is 5.82. The molecule has 2 fully saturated rings. The first-order valence-corrected chi connectivity index (χ1v) is 11.2. The highest BCUT2D eigenvalue weighted by molar-refractivity contribution is 6.24. The lowest BCUT2D eigenvalue weighted by molar-refractivity contribution is -0.126. The number of methoxy groups -OCH3 is 3. The van der Waals surface area contributed by atoms with Gasteiger partial charge in [0.15, 0.2) is 17.6 Å². The van der Waals surface area contributed by atoms with Crippen molar-refractivity contribution in [1.29, 1.82) is 0 Å². The van der Waals surface area contributed by atoms with E-state index in [1.54, 1.807) is 30.4 Å². The lowest BCUT2D eigenvalue weighted by Crippen LogP contribution is -2.37. The van der Waals surface area contributed by atoms with Crippen LogP contribution in [-0.4, -0.2) is 39.2 Å². The van der Waals surface area contributed by atoms with Crippen molar-refractivity contribution in [3.63, 3.8) is 0 Å². The van der Waals surface area contributed by atoms with Crippen LogP contribution >= 0.6 is 0 Å². The van der Waals surface area contributed by atoms with Crippen LogP contribution in [0, 0.1) is 12.8 Å². The number of imide groups is 1. The Bertz CT molecular complexity index is 1260. The number of nitrogens with zero attached hydrogens (tertiary/aromatic N) is 2. The molecule has 0 N–H and O–H groups in total. The van der Waals surface area contributed by atoms with Crippen LogP contribution < -0.4 is 24.2 Å². The quantitative estimate of drug-likeness (QED) is 0.499. The molecule has 180 valence electrons. The lowest BCUT2D eigenvalue weighted by atomic mass is 9.89. The predicted molar refractivity (Wildman–Crippen MR) is 130 cm³/mol. The number of hydrogen-bond donors (Lipinski definition) is 0. The molecule has 3 atom stereocenters. The topological polar surface area (TPSA) is 77.5 Å². The van der Waals surface area contributed by atoms with Crippen LogP contribution in [0.15, 0.2) is 66.7 Å². The second-order valence-electron chi connectivity index (χ2n) is 8.43. The molecule has 8 heteroatoms. The molecule has 2 aliphatic rings. The maximum atomic E-state index is 13.8. The summed E-state index contributed by atoms with van der Waals surface area (Å²) >= 11 is 0. The number of carbonyl (C=O) groups is 2. The Morgan fingerprint density at radius 1 is 0.743 bits per heavy atom. The van der Waals surface area contributed by atoms with E-state index in [0.717, 1.165) is 5.56 Å². The van der Waals surface area contributed by atoms with Crippen LogP contribution in [0.2, 0.25) is 0 Å². The van der Waals surface area contributed by atoms with Crippen molar-refractivity contribution < 1.29 is 28.6 Å². The molecule has 0 spiro atoms. The monoisotopic (exact) mass is 474 g/mol. The number of amides is 2. The van der Waals surface area contributed by atoms with Gasteiger partial charge >= 0.3 is 0 Å². The Hall–Kier alpha value is -4.04. The summed E-state index contributed by atoms with van der Waals surface area (Å²) in [6.45, 7) is 1.95. The molecular weight excluding hydrogens is 448 g/mol. The van der Waals surface area contributed by atoms with Gasteiger partial charge in [0.05, 0.1) is 32.7 Å². The highest BCUT2D eigenvalue weighted by atomic mass is 16.7. The van der Waals surface area contributed by atoms with Gasteiger partial charge in [-0.15, -0.1) is 0 Å². The Balaban J connectivity index is 1.65. The molecule has 8 nitrogen and oxygen atoms in total. The fourth-order valence-electron chi connectivity index (χ4n) is 4.83. The van der Waals surface area contributed by atoms with Gasteiger partial charge in [-0.1, -0.05) is 35.9 Å². The molecule has 3 unspecified atom stereocenters. The fourth-order valence-corrected chi connectivity index (χ4v) is 4.83. The summed E-state index contributed by atoms with van der Waals surface area (Å²) in [6.07, 6.45) is -0.980. The highest BCUT2D eigenvalue weighted by Crippen LogP contribution is 2.52. The summed E-state index contributed by atoms with van der Waals surface area (Å²) < 4.78 is 16.8. The first-order chi connectivity index (χ1) is 17.0. The van der Waals surface area contributed by atoms with Gasteiger partial charge in [-0.2, -0.15) is 0 Å². The molecule has 5 rings (SSSR count). The van der Waals surface area contributed by atoms with Crippen LogP contribution in [-0.2, 0) is 14.4 Å². The van der Waals surface area contributed by atoms with Gasteiger partial charge in [-0.3, -0.25) is 14.4 Å². The van der Waals surface area contributed by atoms with Crippen LogP contribution in [0.3, 0.4) is 0 Å². The van der Waals surface area contributed by atoms with Gasteiger partial charge in [0.25, 0.3) is 5.91 Å². The summed E-state index contributed by atoms with van der Waals surface area (Å²) in [6, 6.07) is 19.6. The predicted octanol–water partition coefficient (Wildman–Crippen LogP) is 4.07. The number of aryl methyl sites for hydroxylation is 1. The number of rotatable bonds is 6. The average molecular weight is 475 g/mol. The third-order valence-corrected chi connectivity index (χ3v) is 6.47. The lowest BCUT2D eigenvalue weighted by Gasteiger charge is -2.30. The van der Waals surface area contributed by atoms with Gasteiger partial charge < -0.3 is 14.2 Å². The maximum Gasteiger partial charge on any atom is 0.266 e. The summed E-state index contributed by atoms with van der Waals surface area (Å²) in [5, 5.41) is 1.63. The van der Waals surface area contributed by atoms with E-state index in [2.05, 4.69) is 0 Å². The molecule has 2 amide bonds. The second kappa shape index (κ2) is 8.96. The molecule has 0 aromatic heterocycles. The van der Waals surface area contributed by atoms with Crippen molar-refractivity contribution >= 4 is 23.2 Å². The number of anilines is 2. The van der Waals surface area contributed by atoms with Crippen LogP contribution in [0.4, 0.5) is 11.4 Å². The summed E-state index contributed by atoms with van der Waals surface area (Å²) in [5.41, 5.74) is 2.92. The van der Waals surface area contributed by atoms with Crippen molar-refractivity contribution in [1.82, 2.24) is 0 Å². The van der Waals surface area contributed by atoms with Crippen molar-refractivity contribution in [3.05, 3.63) is 77.9 Å². The highest BCUT2D eigenvalue weighted by Gasteiger charge is 2.61. The average Bonchev–Trinajstić information content (AvgIpc) is 3.39. The van der Waals surface area contributed by atoms with E-state index in [4.69, 9.17) is 19.0 Å². The molecule has 2 saturated heterocycles.